The molecular weight excluding hydrogens is 250 g/mol. The number of carbonyl (C=O) groups excluding carboxylic acids is 1. The Morgan fingerprint density at radius 3 is 2.16 bits per heavy atom. The van der Waals surface area contributed by atoms with Gasteiger partial charge in [0.1, 0.15) is 17.2 Å². The van der Waals surface area contributed by atoms with E-state index >= 15 is 0 Å². The molecule has 2 N–H and O–H groups in total. The molecule has 0 saturated heterocycles. The lowest BCUT2D eigenvalue weighted by atomic mass is 10.1. The van der Waals surface area contributed by atoms with Crippen LogP contribution in [0.4, 0.5) is 0 Å². The van der Waals surface area contributed by atoms with E-state index in [2.05, 4.69) is 5.32 Å². The number of hydrogen-bond acceptors (Lipinski definition) is 5. The van der Waals surface area contributed by atoms with E-state index in [1.807, 2.05) is 0 Å². The summed E-state index contributed by atoms with van der Waals surface area (Å²) in [6.45, 7) is 0.0812. The van der Waals surface area contributed by atoms with Gasteiger partial charge in [-0.05, 0) is 0 Å². The first-order valence-electron chi connectivity index (χ1n) is 5.82. The maximum absolute atomic E-state index is 11.4. The molecule has 0 aliphatic heterocycles. The van der Waals surface area contributed by atoms with E-state index in [0.717, 1.165) is 5.56 Å². The van der Waals surface area contributed by atoms with Crippen LogP contribution in [0.2, 0.25) is 0 Å². The molecule has 0 saturated carbocycles. The van der Waals surface area contributed by atoms with Crippen LogP contribution in [-0.2, 0) is 11.3 Å². The van der Waals surface area contributed by atoms with Gasteiger partial charge in [0, 0.05) is 18.6 Å². The first-order chi connectivity index (χ1) is 9.15. The van der Waals surface area contributed by atoms with Gasteiger partial charge in [0.15, 0.2) is 0 Å². The van der Waals surface area contributed by atoms with Crippen LogP contribution in [0, 0.1) is 0 Å². The molecule has 0 aliphatic carbocycles. The number of ether oxygens (including phenoxy) is 3. The number of benzene rings is 1. The standard InChI is InChI=1S/C13H19NO5/c1-17-9-6-11(18-2)10(12(7-9)19-3)8-14-13(16)4-5-15/h6-7,15H,4-5,8H2,1-3H3,(H,14,16). The van der Waals surface area contributed by atoms with Crippen LogP contribution in [0.25, 0.3) is 0 Å². The number of hydrogen-bond donors (Lipinski definition) is 2. The highest BCUT2D eigenvalue weighted by molar-refractivity contribution is 5.76. The third-order valence-electron chi connectivity index (χ3n) is 2.62. The third-order valence-corrected chi connectivity index (χ3v) is 2.62. The van der Waals surface area contributed by atoms with E-state index in [4.69, 9.17) is 19.3 Å². The van der Waals surface area contributed by atoms with Gasteiger partial charge in [-0.1, -0.05) is 0 Å². The molecule has 0 unspecified atom stereocenters. The fourth-order valence-electron chi connectivity index (χ4n) is 1.63. The van der Waals surface area contributed by atoms with Crippen molar-refractivity contribution in [2.45, 2.75) is 13.0 Å². The van der Waals surface area contributed by atoms with E-state index in [1.54, 1.807) is 19.2 Å². The van der Waals surface area contributed by atoms with Gasteiger partial charge in [0.25, 0.3) is 0 Å². The van der Waals surface area contributed by atoms with E-state index in [0.29, 0.717) is 17.2 Å². The molecule has 106 valence electrons. The molecule has 0 fully saturated rings. The zero-order valence-corrected chi connectivity index (χ0v) is 11.4. The molecule has 19 heavy (non-hydrogen) atoms. The Kier molecular flexibility index (Phi) is 5.95. The van der Waals surface area contributed by atoms with Crippen molar-refractivity contribution in [1.29, 1.82) is 0 Å². The summed E-state index contributed by atoms with van der Waals surface area (Å²) in [6, 6.07) is 3.44. The number of aliphatic hydroxyl groups excluding tert-OH is 1. The summed E-state index contributed by atoms with van der Waals surface area (Å²) in [7, 11) is 4.62. The quantitative estimate of drug-likeness (QED) is 0.762. The molecule has 0 atom stereocenters. The first kappa shape index (κ1) is 15.1. The lowest BCUT2D eigenvalue weighted by Crippen LogP contribution is -2.24. The highest BCUT2D eigenvalue weighted by Gasteiger charge is 2.14. The average molecular weight is 269 g/mol. The zero-order chi connectivity index (χ0) is 14.3. The Morgan fingerprint density at radius 1 is 1.16 bits per heavy atom. The fourth-order valence-corrected chi connectivity index (χ4v) is 1.63. The second kappa shape index (κ2) is 7.48. The Bertz CT molecular complexity index is 408. The molecule has 1 aromatic rings. The summed E-state index contributed by atoms with van der Waals surface area (Å²) >= 11 is 0. The molecule has 1 rings (SSSR count). The predicted octanol–water partition coefficient (Wildman–Crippen LogP) is 0.711. The van der Waals surface area contributed by atoms with Crippen LogP contribution >= 0.6 is 0 Å². The Balaban J connectivity index is 2.94. The predicted molar refractivity (Wildman–Crippen MR) is 69.6 cm³/mol. The van der Waals surface area contributed by atoms with Crippen molar-refractivity contribution in [3.63, 3.8) is 0 Å². The summed E-state index contributed by atoms with van der Waals surface area (Å²) in [5, 5.41) is 11.4. The first-order valence-corrected chi connectivity index (χ1v) is 5.82. The maximum atomic E-state index is 11.4. The van der Waals surface area contributed by atoms with Crippen LogP contribution in [0.15, 0.2) is 12.1 Å². The number of carbonyl (C=O) groups is 1. The van der Waals surface area contributed by atoms with E-state index in [1.165, 1.54) is 14.2 Å². The minimum absolute atomic E-state index is 0.0702. The van der Waals surface area contributed by atoms with Crippen molar-refractivity contribution >= 4 is 5.91 Å². The molecule has 0 aromatic heterocycles. The number of amides is 1. The van der Waals surface area contributed by atoms with Gasteiger partial charge in [-0.25, -0.2) is 0 Å². The van der Waals surface area contributed by atoms with Crippen LogP contribution < -0.4 is 19.5 Å². The van der Waals surface area contributed by atoms with Gasteiger partial charge in [-0.3, -0.25) is 4.79 Å². The molecular formula is C13H19NO5. The zero-order valence-electron chi connectivity index (χ0n) is 11.4. The van der Waals surface area contributed by atoms with Crippen molar-refractivity contribution in [3.05, 3.63) is 17.7 Å². The van der Waals surface area contributed by atoms with Crippen molar-refractivity contribution in [1.82, 2.24) is 5.32 Å². The molecule has 6 nitrogen and oxygen atoms in total. The Hall–Kier alpha value is -1.95. The maximum Gasteiger partial charge on any atom is 0.222 e. The Morgan fingerprint density at radius 2 is 1.74 bits per heavy atom. The van der Waals surface area contributed by atoms with Crippen LogP contribution in [0.1, 0.15) is 12.0 Å². The van der Waals surface area contributed by atoms with Crippen LogP contribution in [0.5, 0.6) is 17.2 Å². The average Bonchev–Trinajstić information content (AvgIpc) is 2.44. The summed E-state index contributed by atoms with van der Waals surface area (Å²) in [5.41, 5.74) is 0.720. The highest BCUT2D eigenvalue weighted by Crippen LogP contribution is 2.33. The number of rotatable bonds is 7. The second-order valence-corrected chi connectivity index (χ2v) is 3.76. The van der Waals surface area contributed by atoms with Gasteiger partial charge < -0.3 is 24.6 Å². The summed E-state index contributed by atoms with van der Waals surface area (Å²) in [5.74, 6) is 1.52. The topological polar surface area (TPSA) is 77.0 Å². The Labute approximate surface area is 112 Å². The van der Waals surface area contributed by atoms with Gasteiger partial charge in [0.05, 0.1) is 40.0 Å². The van der Waals surface area contributed by atoms with E-state index in [-0.39, 0.29) is 25.5 Å². The normalized spacial score (nSPS) is 9.89. The third kappa shape index (κ3) is 4.03. The highest BCUT2D eigenvalue weighted by atomic mass is 16.5. The van der Waals surface area contributed by atoms with Crippen molar-refractivity contribution in [2.24, 2.45) is 0 Å². The molecule has 0 heterocycles. The summed E-state index contributed by atoms with van der Waals surface area (Å²) in [4.78, 5) is 11.4. The van der Waals surface area contributed by atoms with Crippen LogP contribution in [0.3, 0.4) is 0 Å². The van der Waals surface area contributed by atoms with Gasteiger partial charge in [-0.2, -0.15) is 0 Å². The van der Waals surface area contributed by atoms with Gasteiger partial charge >= 0.3 is 0 Å². The summed E-state index contributed by atoms with van der Waals surface area (Å²) in [6.07, 6.45) is 0.0702. The van der Waals surface area contributed by atoms with E-state index in [9.17, 15) is 4.79 Å². The fraction of sp³-hybridized carbons (Fsp3) is 0.462. The minimum atomic E-state index is -0.234. The van der Waals surface area contributed by atoms with Gasteiger partial charge in [-0.15, -0.1) is 0 Å². The molecule has 6 heteroatoms. The monoisotopic (exact) mass is 269 g/mol. The van der Waals surface area contributed by atoms with E-state index < -0.39 is 0 Å². The van der Waals surface area contributed by atoms with Gasteiger partial charge in [0.2, 0.25) is 5.91 Å². The number of nitrogens with one attached hydrogen (secondary N) is 1. The molecule has 0 radical (unpaired) electrons. The number of methoxy groups -OCH3 is 3. The minimum Gasteiger partial charge on any atom is -0.496 e. The molecule has 0 bridgehead atoms. The van der Waals surface area contributed by atoms with Crippen molar-refractivity contribution in [2.75, 3.05) is 27.9 Å². The summed E-state index contributed by atoms with van der Waals surface area (Å²) < 4.78 is 15.7. The largest absolute Gasteiger partial charge is 0.496 e. The van der Waals surface area contributed by atoms with Crippen molar-refractivity contribution < 1.29 is 24.1 Å². The lowest BCUT2D eigenvalue weighted by Gasteiger charge is -2.15. The lowest BCUT2D eigenvalue weighted by molar-refractivity contribution is -0.121. The molecule has 0 aliphatic rings. The van der Waals surface area contributed by atoms with Crippen LogP contribution in [-0.4, -0.2) is 38.9 Å². The van der Waals surface area contributed by atoms with Crippen molar-refractivity contribution in [3.8, 4) is 17.2 Å². The molecule has 1 amide bonds. The molecule has 0 spiro atoms. The smallest absolute Gasteiger partial charge is 0.222 e. The second-order valence-electron chi connectivity index (χ2n) is 3.76. The SMILES string of the molecule is COc1cc(OC)c(CNC(=O)CCO)c(OC)c1. The molecule has 1 aromatic carbocycles. The number of aliphatic hydroxyl groups is 1.